The number of anilines is 1. The van der Waals surface area contributed by atoms with E-state index in [2.05, 4.69) is 5.32 Å². The van der Waals surface area contributed by atoms with Gasteiger partial charge < -0.3 is 10.2 Å². The summed E-state index contributed by atoms with van der Waals surface area (Å²) in [5.74, 6) is -1.60. The SMILES string of the molecule is CCNC(=O)[C@@H](C)N(Cc1ccccc1F)C(=O)CN(c1ccc(Cl)cc1)S(C)(=O)=O. The summed E-state index contributed by atoms with van der Waals surface area (Å²) in [5, 5.41) is 3.04. The van der Waals surface area contributed by atoms with Crippen molar-refractivity contribution in [2.75, 3.05) is 23.7 Å². The molecule has 0 saturated heterocycles. The van der Waals surface area contributed by atoms with Crippen molar-refractivity contribution in [1.29, 1.82) is 0 Å². The van der Waals surface area contributed by atoms with Crippen LogP contribution < -0.4 is 9.62 Å². The summed E-state index contributed by atoms with van der Waals surface area (Å²) in [7, 11) is -3.83. The zero-order valence-corrected chi connectivity index (χ0v) is 19.1. The first kappa shape index (κ1) is 24.6. The molecule has 0 fully saturated rings. The van der Waals surface area contributed by atoms with E-state index in [-0.39, 0.29) is 17.8 Å². The summed E-state index contributed by atoms with van der Waals surface area (Å²) in [6.07, 6.45) is 0.976. The molecule has 0 saturated carbocycles. The van der Waals surface area contributed by atoms with Crippen LogP contribution in [0.15, 0.2) is 48.5 Å². The van der Waals surface area contributed by atoms with Crippen molar-refractivity contribution in [3.05, 3.63) is 64.9 Å². The number of carbonyl (C=O) groups excluding carboxylic acids is 2. The Hall–Kier alpha value is -2.65. The van der Waals surface area contributed by atoms with Crippen molar-refractivity contribution in [3.63, 3.8) is 0 Å². The van der Waals surface area contributed by atoms with Crippen molar-refractivity contribution < 1.29 is 22.4 Å². The van der Waals surface area contributed by atoms with E-state index in [1.807, 2.05) is 0 Å². The monoisotopic (exact) mass is 469 g/mol. The molecular weight excluding hydrogens is 445 g/mol. The predicted octanol–water partition coefficient (Wildman–Crippen LogP) is 2.80. The van der Waals surface area contributed by atoms with E-state index in [0.29, 0.717) is 11.6 Å². The molecule has 0 aliphatic carbocycles. The second-order valence-corrected chi connectivity index (χ2v) is 9.27. The molecule has 0 bridgehead atoms. The maximum absolute atomic E-state index is 14.2. The van der Waals surface area contributed by atoms with E-state index in [1.165, 1.54) is 49.4 Å². The molecule has 1 N–H and O–H groups in total. The number of likely N-dealkylation sites (N-methyl/N-ethyl adjacent to an activating group) is 1. The van der Waals surface area contributed by atoms with Gasteiger partial charge in [-0.25, -0.2) is 12.8 Å². The van der Waals surface area contributed by atoms with E-state index < -0.39 is 40.2 Å². The normalized spacial score (nSPS) is 12.2. The third kappa shape index (κ3) is 6.67. The molecule has 0 aliphatic heterocycles. The number of hydrogen-bond acceptors (Lipinski definition) is 4. The van der Waals surface area contributed by atoms with Gasteiger partial charge in [0.05, 0.1) is 11.9 Å². The fraction of sp³-hybridized carbons (Fsp3) is 0.333. The average Bonchev–Trinajstić information content (AvgIpc) is 2.71. The quantitative estimate of drug-likeness (QED) is 0.611. The van der Waals surface area contributed by atoms with Gasteiger partial charge in [0.1, 0.15) is 18.4 Å². The number of nitrogens with one attached hydrogen (secondary N) is 1. The van der Waals surface area contributed by atoms with E-state index in [4.69, 9.17) is 11.6 Å². The first-order chi connectivity index (χ1) is 14.5. The Bertz CT molecular complexity index is 1030. The van der Waals surface area contributed by atoms with E-state index in [0.717, 1.165) is 15.5 Å². The van der Waals surface area contributed by atoms with Crippen LogP contribution in [0.1, 0.15) is 19.4 Å². The molecule has 0 aliphatic rings. The number of halogens is 2. The smallest absolute Gasteiger partial charge is 0.244 e. The lowest BCUT2D eigenvalue weighted by molar-refractivity contribution is -0.139. The molecular formula is C21H25ClFN3O4S. The molecule has 2 amide bonds. The lowest BCUT2D eigenvalue weighted by atomic mass is 10.1. The van der Waals surface area contributed by atoms with Crippen molar-refractivity contribution >= 4 is 39.1 Å². The molecule has 0 unspecified atom stereocenters. The van der Waals surface area contributed by atoms with Gasteiger partial charge in [0.25, 0.3) is 0 Å². The Labute approximate surface area is 186 Å². The number of hydrogen-bond donors (Lipinski definition) is 1. The molecule has 10 heteroatoms. The lowest BCUT2D eigenvalue weighted by Gasteiger charge is -2.31. The van der Waals surface area contributed by atoms with Crippen LogP contribution in [0.4, 0.5) is 10.1 Å². The molecule has 2 aromatic carbocycles. The Morgan fingerprint density at radius 3 is 2.29 bits per heavy atom. The van der Waals surface area contributed by atoms with Crippen LogP contribution in [-0.4, -0.2) is 50.5 Å². The van der Waals surface area contributed by atoms with Gasteiger partial charge in [0.2, 0.25) is 21.8 Å². The first-order valence-electron chi connectivity index (χ1n) is 9.58. The van der Waals surface area contributed by atoms with Crippen LogP contribution >= 0.6 is 11.6 Å². The van der Waals surface area contributed by atoms with Gasteiger partial charge in [-0.3, -0.25) is 13.9 Å². The van der Waals surface area contributed by atoms with Crippen molar-refractivity contribution in [1.82, 2.24) is 10.2 Å². The van der Waals surface area contributed by atoms with E-state index in [9.17, 15) is 22.4 Å². The molecule has 2 rings (SSSR count). The number of nitrogens with zero attached hydrogens (tertiary/aromatic N) is 2. The van der Waals surface area contributed by atoms with Gasteiger partial charge in [-0.2, -0.15) is 0 Å². The Morgan fingerprint density at radius 2 is 1.74 bits per heavy atom. The predicted molar refractivity (Wildman–Crippen MR) is 119 cm³/mol. The summed E-state index contributed by atoms with van der Waals surface area (Å²) in [6.45, 7) is 2.85. The zero-order chi connectivity index (χ0) is 23.2. The fourth-order valence-electron chi connectivity index (χ4n) is 2.94. The topological polar surface area (TPSA) is 86.8 Å². The maximum atomic E-state index is 14.2. The third-order valence-electron chi connectivity index (χ3n) is 4.61. The van der Waals surface area contributed by atoms with Gasteiger partial charge in [0, 0.05) is 23.7 Å². The van der Waals surface area contributed by atoms with Crippen LogP contribution in [-0.2, 0) is 26.2 Å². The largest absolute Gasteiger partial charge is 0.355 e. The highest BCUT2D eigenvalue weighted by Crippen LogP contribution is 2.21. The summed E-state index contributed by atoms with van der Waals surface area (Å²) in [4.78, 5) is 26.8. The molecule has 1 atom stereocenters. The third-order valence-corrected chi connectivity index (χ3v) is 6.00. The van der Waals surface area contributed by atoms with Crippen molar-refractivity contribution in [2.45, 2.75) is 26.4 Å². The minimum absolute atomic E-state index is 0.192. The van der Waals surface area contributed by atoms with Gasteiger partial charge >= 0.3 is 0 Å². The molecule has 0 aromatic heterocycles. The number of rotatable bonds is 9. The maximum Gasteiger partial charge on any atom is 0.244 e. The highest BCUT2D eigenvalue weighted by molar-refractivity contribution is 7.92. The Morgan fingerprint density at radius 1 is 1.13 bits per heavy atom. The second kappa shape index (κ2) is 10.6. The van der Waals surface area contributed by atoms with Gasteiger partial charge in [0.15, 0.2) is 0 Å². The molecule has 0 heterocycles. The van der Waals surface area contributed by atoms with Gasteiger partial charge in [-0.05, 0) is 44.2 Å². The van der Waals surface area contributed by atoms with Crippen molar-refractivity contribution in [3.8, 4) is 0 Å². The standard InChI is InChI=1S/C21H25ClFN3O4S/c1-4-24-21(28)15(2)25(13-16-7-5-6-8-19(16)23)20(27)14-26(31(3,29)30)18-11-9-17(22)10-12-18/h5-12,15H,4,13-14H2,1-3H3,(H,24,28)/t15-/m1/s1. The van der Waals surface area contributed by atoms with E-state index >= 15 is 0 Å². The van der Waals surface area contributed by atoms with Crippen LogP contribution in [0.2, 0.25) is 5.02 Å². The van der Waals surface area contributed by atoms with Crippen LogP contribution in [0.25, 0.3) is 0 Å². The minimum Gasteiger partial charge on any atom is -0.355 e. The van der Waals surface area contributed by atoms with Gasteiger partial charge in [-0.15, -0.1) is 0 Å². The average molecular weight is 470 g/mol. The second-order valence-electron chi connectivity index (χ2n) is 6.93. The van der Waals surface area contributed by atoms with E-state index in [1.54, 1.807) is 13.0 Å². The molecule has 7 nitrogen and oxygen atoms in total. The number of amides is 2. The molecule has 31 heavy (non-hydrogen) atoms. The summed E-state index contributed by atoms with van der Waals surface area (Å²) < 4.78 is 39.9. The van der Waals surface area contributed by atoms with Crippen LogP contribution in [0.5, 0.6) is 0 Å². The summed E-state index contributed by atoms with van der Waals surface area (Å²) >= 11 is 5.87. The van der Waals surface area contributed by atoms with Crippen LogP contribution in [0.3, 0.4) is 0 Å². The Kier molecular flexibility index (Phi) is 8.41. The lowest BCUT2D eigenvalue weighted by Crippen LogP contribution is -2.51. The Balaban J connectivity index is 2.38. The number of benzene rings is 2. The molecule has 0 radical (unpaired) electrons. The first-order valence-corrected chi connectivity index (χ1v) is 11.8. The summed E-state index contributed by atoms with van der Waals surface area (Å²) in [6, 6.07) is 10.9. The minimum atomic E-state index is -3.83. The molecule has 168 valence electrons. The highest BCUT2D eigenvalue weighted by atomic mass is 35.5. The van der Waals surface area contributed by atoms with Crippen LogP contribution in [0, 0.1) is 5.82 Å². The highest BCUT2D eigenvalue weighted by Gasteiger charge is 2.30. The zero-order valence-electron chi connectivity index (χ0n) is 17.5. The van der Waals surface area contributed by atoms with Gasteiger partial charge in [-0.1, -0.05) is 29.8 Å². The number of sulfonamides is 1. The summed E-state index contributed by atoms with van der Waals surface area (Å²) in [5.41, 5.74) is 0.459. The molecule has 2 aromatic rings. The number of carbonyl (C=O) groups is 2. The fourth-order valence-corrected chi connectivity index (χ4v) is 3.91. The van der Waals surface area contributed by atoms with Crippen molar-refractivity contribution in [2.24, 2.45) is 0 Å². The molecule has 0 spiro atoms.